The van der Waals surface area contributed by atoms with Gasteiger partial charge in [-0.25, -0.2) is 0 Å². The van der Waals surface area contributed by atoms with Crippen LogP contribution in [0.15, 0.2) is 36.7 Å². The zero-order valence-corrected chi connectivity index (χ0v) is 10.9. The van der Waals surface area contributed by atoms with Gasteiger partial charge >= 0.3 is 0 Å². The Bertz CT molecular complexity index is 550. The molecule has 2 aromatic rings. The number of aromatic nitrogens is 1. The minimum Gasteiger partial charge on any atom is -0.497 e. The van der Waals surface area contributed by atoms with Crippen LogP contribution in [0.4, 0.5) is 5.69 Å². The van der Waals surface area contributed by atoms with Crippen LogP contribution in [0.25, 0.3) is 0 Å². The SMILES string of the molecule is COc1ccc(NC(=O)Cc2cc[nH]c2)c(OC)c1. The van der Waals surface area contributed by atoms with E-state index in [0.29, 0.717) is 23.6 Å². The molecular formula is C14H16N2O3. The van der Waals surface area contributed by atoms with Crippen molar-refractivity contribution in [2.75, 3.05) is 19.5 Å². The van der Waals surface area contributed by atoms with E-state index >= 15 is 0 Å². The topological polar surface area (TPSA) is 63.3 Å². The summed E-state index contributed by atoms with van der Waals surface area (Å²) in [7, 11) is 3.13. The minimum absolute atomic E-state index is 0.0944. The molecule has 1 amide bonds. The van der Waals surface area contributed by atoms with Crippen molar-refractivity contribution in [1.29, 1.82) is 0 Å². The van der Waals surface area contributed by atoms with E-state index < -0.39 is 0 Å². The van der Waals surface area contributed by atoms with Gasteiger partial charge in [0.1, 0.15) is 11.5 Å². The predicted molar refractivity (Wildman–Crippen MR) is 72.7 cm³/mol. The highest BCUT2D eigenvalue weighted by Crippen LogP contribution is 2.29. The van der Waals surface area contributed by atoms with Gasteiger partial charge in [0.2, 0.25) is 5.91 Å². The van der Waals surface area contributed by atoms with Crippen LogP contribution >= 0.6 is 0 Å². The fourth-order valence-electron chi connectivity index (χ4n) is 1.75. The molecule has 0 aliphatic rings. The summed E-state index contributed by atoms with van der Waals surface area (Å²) in [6.07, 6.45) is 3.90. The van der Waals surface area contributed by atoms with Crippen molar-refractivity contribution in [2.24, 2.45) is 0 Å². The molecule has 5 heteroatoms. The number of hydrogen-bond donors (Lipinski definition) is 2. The van der Waals surface area contributed by atoms with Crippen molar-refractivity contribution in [3.8, 4) is 11.5 Å². The van der Waals surface area contributed by atoms with E-state index in [-0.39, 0.29) is 5.91 Å². The van der Waals surface area contributed by atoms with Crippen molar-refractivity contribution >= 4 is 11.6 Å². The van der Waals surface area contributed by atoms with E-state index in [1.165, 1.54) is 0 Å². The summed E-state index contributed by atoms with van der Waals surface area (Å²) < 4.78 is 10.3. The van der Waals surface area contributed by atoms with Crippen molar-refractivity contribution in [2.45, 2.75) is 6.42 Å². The molecule has 2 rings (SSSR count). The maximum absolute atomic E-state index is 11.9. The first-order chi connectivity index (χ1) is 9.22. The van der Waals surface area contributed by atoms with Crippen molar-refractivity contribution in [1.82, 2.24) is 4.98 Å². The Morgan fingerprint density at radius 1 is 1.26 bits per heavy atom. The highest BCUT2D eigenvalue weighted by Gasteiger charge is 2.09. The van der Waals surface area contributed by atoms with Crippen LogP contribution in [0.5, 0.6) is 11.5 Å². The third-order valence-electron chi connectivity index (χ3n) is 2.71. The number of methoxy groups -OCH3 is 2. The van der Waals surface area contributed by atoms with Gasteiger partial charge in [0.05, 0.1) is 26.3 Å². The summed E-state index contributed by atoms with van der Waals surface area (Å²) in [4.78, 5) is 14.8. The van der Waals surface area contributed by atoms with Gasteiger partial charge in [-0.2, -0.15) is 0 Å². The summed E-state index contributed by atoms with van der Waals surface area (Å²) in [5.41, 5.74) is 1.56. The van der Waals surface area contributed by atoms with E-state index in [4.69, 9.17) is 9.47 Å². The maximum atomic E-state index is 11.9. The molecule has 0 spiro atoms. The predicted octanol–water partition coefficient (Wildman–Crippen LogP) is 2.21. The number of ether oxygens (including phenoxy) is 2. The van der Waals surface area contributed by atoms with Gasteiger partial charge in [0, 0.05) is 18.5 Å². The van der Waals surface area contributed by atoms with Gasteiger partial charge in [-0.15, -0.1) is 0 Å². The molecular weight excluding hydrogens is 244 g/mol. The van der Waals surface area contributed by atoms with Gasteiger partial charge in [-0.1, -0.05) is 0 Å². The number of H-pyrrole nitrogens is 1. The van der Waals surface area contributed by atoms with E-state index in [1.54, 1.807) is 44.8 Å². The summed E-state index contributed by atoms with van der Waals surface area (Å²) in [6, 6.07) is 7.12. The second kappa shape index (κ2) is 5.95. The molecule has 2 N–H and O–H groups in total. The lowest BCUT2D eigenvalue weighted by molar-refractivity contribution is -0.115. The number of benzene rings is 1. The first-order valence-corrected chi connectivity index (χ1v) is 5.86. The molecule has 0 saturated carbocycles. The average Bonchev–Trinajstić information content (AvgIpc) is 2.91. The highest BCUT2D eigenvalue weighted by atomic mass is 16.5. The molecule has 0 radical (unpaired) electrons. The lowest BCUT2D eigenvalue weighted by Gasteiger charge is -2.11. The summed E-state index contributed by atoms with van der Waals surface area (Å²) in [6.45, 7) is 0. The zero-order valence-electron chi connectivity index (χ0n) is 10.9. The molecule has 0 bridgehead atoms. The van der Waals surface area contributed by atoms with Crippen LogP contribution in [-0.4, -0.2) is 25.1 Å². The van der Waals surface area contributed by atoms with Crippen LogP contribution in [-0.2, 0) is 11.2 Å². The van der Waals surface area contributed by atoms with E-state index in [9.17, 15) is 4.79 Å². The molecule has 0 atom stereocenters. The fourth-order valence-corrected chi connectivity index (χ4v) is 1.75. The van der Waals surface area contributed by atoms with Crippen LogP contribution in [0, 0.1) is 0 Å². The van der Waals surface area contributed by atoms with Crippen molar-refractivity contribution in [3.05, 3.63) is 42.2 Å². The number of carbonyl (C=O) groups is 1. The summed E-state index contributed by atoms with van der Waals surface area (Å²) in [5.74, 6) is 1.16. The Hall–Kier alpha value is -2.43. The lowest BCUT2D eigenvalue weighted by atomic mass is 10.2. The quantitative estimate of drug-likeness (QED) is 0.866. The zero-order chi connectivity index (χ0) is 13.7. The molecule has 1 aromatic carbocycles. The Labute approximate surface area is 111 Å². The monoisotopic (exact) mass is 260 g/mol. The summed E-state index contributed by atoms with van der Waals surface area (Å²) in [5, 5.41) is 2.82. The molecule has 0 fully saturated rings. The molecule has 5 nitrogen and oxygen atoms in total. The van der Waals surface area contributed by atoms with Crippen LogP contribution in [0.3, 0.4) is 0 Å². The van der Waals surface area contributed by atoms with Crippen LogP contribution in [0.1, 0.15) is 5.56 Å². The molecule has 1 heterocycles. The lowest BCUT2D eigenvalue weighted by Crippen LogP contribution is -2.14. The molecule has 1 aromatic heterocycles. The van der Waals surface area contributed by atoms with Gasteiger partial charge < -0.3 is 19.8 Å². The summed E-state index contributed by atoms with van der Waals surface area (Å²) >= 11 is 0. The normalized spacial score (nSPS) is 10.0. The molecule has 0 aliphatic heterocycles. The van der Waals surface area contributed by atoms with Crippen LogP contribution < -0.4 is 14.8 Å². The van der Waals surface area contributed by atoms with Gasteiger partial charge in [-0.05, 0) is 23.8 Å². The smallest absolute Gasteiger partial charge is 0.228 e. The number of aromatic amines is 1. The highest BCUT2D eigenvalue weighted by molar-refractivity contribution is 5.93. The molecule has 0 saturated heterocycles. The Kier molecular flexibility index (Phi) is 4.07. The van der Waals surface area contributed by atoms with E-state index in [0.717, 1.165) is 5.56 Å². The van der Waals surface area contributed by atoms with Gasteiger partial charge in [0.15, 0.2) is 0 Å². The number of hydrogen-bond acceptors (Lipinski definition) is 3. The van der Waals surface area contributed by atoms with Gasteiger partial charge in [-0.3, -0.25) is 4.79 Å². The number of nitrogens with one attached hydrogen (secondary N) is 2. The van der Waals surface area contributed by atoms with E-state index in [1.807, 2.05) is 6.07 Å². The molecule has 0 unspecified atom stereocenters. The third-order valence-corrected chi connectivity index (χ3v) is 2.71. The Balaban J connectivity index is 2.07. The fraction of sp³-hybridized carbons (Fsp3) is 0.214. The largest absolute Gasteiger partial charge is 0.497 e. The second-order valence-corrected chi connectivity index (χ2v) is 4.01. The molecule has 100 valence electrons. The number of amides is 1. The Morgan fingerprint density at radius 3 is 2.74 bits per heavy atom. The Morgan fingerprint density at radius 2 is 2.11 bits per heavy atom. The minimum atomic E-state index is -0.0944. The van der Waals surface area contributed by atoms with Crippen molar-refractivity contribution < 1.29 is 14.3 Å². The standard InChI is InChI=1S/C14H16N2O3/c1-18-11-3-4-12(13(8-11)19-2)16-14(17)7-10-5-6-15-9-10/h3-6,8-9,15H,7H2,1-2H3,(H,16,17). The van der Waals surface area contributed by atoms with Crippen molar-refractivity contribution in [3.63, 3.8) is 0 Å². The first-order valence-electron chi connectivity index (χ1n) is 5.86. The van der Waals surface area contributed by atoms with Gasteiger partial charge in [0.25, 0.3) is 0 Å². The average molecular weight is 260 g/mol. The van der Waals surface area contributed by atoms with E-state index in [2.05, 4.69) is 10.3 Å². The molecule has 0 aliphatic carbocycles. The first kappa shape index (κ1) is 13.0. The van der Waals surface area contributed by atoms with Crippen LogP contribution in [0.2, 0.25) is 0 Å². The number of rotatable bonds is 5. The second-order valence-electron chi connectivity index (χ2n) is 4.01. The maximum Gasteiger partial charge on any atom is 0.228 e. The number of carbonyl (C=O) groups excluding carboxylic acids is 1. The third kappa shape index (κ3) is 3.28. The number of anilines is 1. The molecule has 19 heavy (non-hydrogen) atoms.